The molecule has 0 saturated heterocycles. The first-order chi connectivity index (χ1) is 14.3. The molecule has 3 rings (SSSR count). The third kappa shape index (κ3) is 5.62. The van der Waals surface area contributed by atoms with Crippen LogP contribution in [0.2, 0.25) is 0 Å². The van der Waals surface area contributed by atoms with E-state index in [1.54, 1.807) is 30.3 Å². The van der Waals surface area contributed by atoms with Gasteiger partial charge in [-0.2, -0.15) is 0 Å². The van der Waals surface area contributed by atoms with Gasteiger partial charge < -0.3 is 5.32 Å². The largest absolute Gasteiger partial charge is 0.326 e. The van der Waals surface area contributed by atoms with Crippen LogP contribution in [0, 0.1) is 11.6 Å². The van der Waals surface area contributed by atoms with Gasteiger partial charge in [0.25, 0.3) is 0 Å². The quantitative estimate of drug-likeness (QED) is 0.594. The van der Waals surface area contributed by atoms with Crippen LogP contribution in [-0.4, -0.2) is 27.5 Å². The molecule has 3 aromatic carbocycles. The van der Waals surface area contributed by atoms with E-state index >= 15 is 0 Å². The zero-order chi connectivity index (χ0) is 21.6. The van der Waals surface area contributed by atoms with Crippen molar-refractivity contribution in [2.24, 2.45) is 0 Å². The number of hydrogen-bond donors (Lipinski definition) is 2. The van der Waals surface area contributed by atoms with Crippen LogP contribution in [0.25, 0.3) is 0 Å². The second-order valence-electron chi connectivity index (χ2n) is 6.28. The summed E-state index contributed by atoms with van der Waals surface area (Å²) in [4.78, 5) is 14.0. The highest BCUT2D eigenvalue weighted by Crippen LogP contribution is 2.17. The van der Waals surface area contributed by atoms with Crippen molar-refractivity contribution in [2.45, 2.75) is 4.90 Å². The van der Waals surface area contributed by atoms with Gasteiger partial charge in [-0.3, -0.25) is 4.90 Å². The van der Waals surface area contributed by atoms with Gasteiger partial charge in [-0.05, 0) is 60.7 Å². The molecular weight excluding hydrogens is 412 g/mol. The minimum absolute atomic E-state index is 0.0231. The summed E-state index contributed by atoms with van der Waals surface area (Å²) >= 11 is 0. The Labute approximate surface area is 173 Å². The molecule has 0 aromatic heterocycles. The average Bonchev–Trinajstić information content (AvgIpc) is 2.73. The molecule has 0 heterocycles. The van der Waals surface area contributed by atoms with E-state index in [0.29, 0.717) is 11.4 Å². The van der Waals surface area contributed by atoms with Gasteiger partial charge in [0.2, 0.25) is 10.0 Å². The smallest absolute Gasteiger partial charge is 0.308 e. The van der Waals surface area contributed by atoms with E-state index in [2.05, 4.69) is 10.0 Å². The number of hydrogen-bond acceptors (Lipinski definition) is 3. The lowest BCUT2D eigenvalue weighted by Gasteiger charge is -2.23. The van der Waals surface area contributed by atoms with Crippen molar-refractivity contribution in [2.75, 3.05) is 23.3 Å². The van der Waals surface area contributed by atoms with E-state index in [-0.39, 0.29) is 18.0 Å². The molecule has 0 aliphatic heterocycles. The number of halogens is 2. The summed E-state index contributed by atoms with van der Waals surface area (Å²) in [5.74, 6) is -1.01. The third-order valence-corrected chi connectivity index (χ3v) is 5.64. The molecule has 6 nitrogen and oxygen atoms in total. The minimum atomic E-state index is -3.88. The molecule has 0 radical (unpaired) electrons. The normalized spacial score (nSPS) is 11.1. The highest BCUT2D eigenvalue weighted by atomic mass is 32.2. The van der Waals surface area contributed by atoms with Crippen LogP contribution >= 0.6 is 0 Å². The Kier molecular flexibility index (Phi) is 6.76. The zero-order valence-corrected chi connectivity index (χ0v) is 16.6. The minimum Gasteiger partial charge on any atom is -0.308 e. The maximum Gasteiger partial charge on any atom is 0.326 e. The molecule has 0 spiro atoms. The summed E-state index contributed by atoms with van der Waals surface area (Å²) in [6, 6.07) is 17.9. The number of sulfonamides is 1. The molecule has 3 aromatic rings. The Morgan fingerprint density at radius 3 is 2.00 bits per heavy atom. The molecule has 0 unspecified atom stereocenters. The summed E-state index contributed by atoms with van der Waals surface area (Å²) in [6.07, 6.45) is 0. The predicted molar refractivity (Wildman–Crippen MR) is 111 cm³/mol. The van der Waals surface area contributed by atoms with Crippen LogP contribution in [0.3, 0.4) is 0 Å². The zero-order valence-electron chi connectivity index (χ0n) is 15.8. The predicted octanol–water partition coefficient (Wildman–Crippen LogP) is 3.98. The monoisotopic (exact) mass is 431 g/mol. The Balaban J connectivity index is 1.73. The number of carbonyl (C=O) groups is 1. The average molecular weight is 431 g/mol. The number of nitrogens with one attached hydrogen (secondary N) is 2. The SMILES string of the molecule is O=C(Nc1ccccc1)N(CCNS(=O)(=O)c1ccc(F)cc1)c1ccc(F)cc1. The lowest BCUT2D eigenvalue weighted by Crippen LogP contribution is -2.41. The van der Waals surface area contributed by atoms with Gasteiger partial charge in [-0.1, -0.05) is 18.2 Å². The lowest BCUT2D eigenvalue weighted by atomic mass is 10.3. The topological polar surface area (TPSA) is 78.5 Å². The van der Waals surface area contributed by atoms with Crippen molar-refractivity contribution in [3.8, 4) is 0 Å². The van der Waals surface area contributed by atoms with Gasteiger partial charge >= 0.3 is 6.03 Å². The highest BCUT2D eigenvalue weighted by Gasteiger charge is 2.19. The molecule has 2 amide bonds. The van der Waals surface area contributed by atoms with Crippen LogP contribution in [-0.2, 0) is 10.0 Å². The van der Waals surface area contributed by atoms with Crippen LogP contribution in [0.1, 0.15) is 0 Å². The van der Waals surface area contributed by atoms with Gasteiger partial charge in [0.15, 0.2) is 0 Å². The molecule has 0 bridgehead atoms. The summed E-state index contributed by atoms with van der Waals surface area (Å²) in [5.41, 5.74) is 0.951. The van der Waals surface area contributed by atoms with Crippen molar-refractivity contribution < 1.29 is 22.0 Å². The fraction of sp³-hybridized carbons (Fsp3) is 0.0952. The Bertz CT molecular complexity index is 1090. The van der Waals surface area contributed by atoms with Crippen LogP contribution < -0.4 is 14.9 Å². The molecule has 9 heteroatoms. The van der Waals surface area contributed by atoms with E-state index in [0.717, 1.165) is 24.3 Å². The molecule has 0 saturated carbocycles. The van der Waals surface area contributed by atoms with E-state index in [9.17, 15) is 22.0 Å². The van der Waals surface area contributed by atoms with E-state index < -0.39 is 27.7 Å². The first kappa shape index (κ1) is 21.4. The molecular formula is C21H19F2N3O3S. The first-order valence-corrected chi connectivity index (χ1v) is 10.5. The number of para-hydroxylation sites is 1. The molecule has 0 aliphatic carbocycles. The number of nitrogens with zero attached hydrogens (tertiary/aromatic N) is 1. The second-order valence-corrected chi connectivity index (χ2v) is 8.04. The molecule has 2 N–H and O–H groups in total. The first-order valence-electron chi connectivity index (χ1n) is 8.99. The number of amides is 2. The second kappa shape index (κ2) is 9.47. The van der Waals surface area contributed by atoms with Crippen molar-refractivity contribution >= 4 is 27.4 Å². The van der Waals surface area contributed by atoms with Crippen molar-refractivity contribution in [1.29, 1.82) is 0 Å². The molecule has 0 atom stereocenters. The number of carbonyl (C=O) groups excluding carboxylic acids is 1. The van der Waals surface area contributed by atoms with Crippen molar-refractivity contribution in [3.63, 3.8) is 0 Å². The number of rotatable bonds is 7. The van der Waals surface area contributed by atoms with Crippen molar-refractivity contribution in [3.05, 3.63) is 90.5 Å². The van der Waals surface area contributed by atoms with Crippen molar-refractivity contribution in [1.82, 2.24) is 4.72 Å². The van der Waals surface area contributed by atoms with Crippen LogP contribution in [0.4, 0.5) is 25.0 Å². The summed E-state index contributed by atoms with van der Waals surface area (Å²) in [6.45, 7) is -0.135. The Morgan fingerprint density at radius 1 is 0.833 bits per heavy atom. The van der Waals surface area contributed by atoms with Gasteiger partial charge in [0.05, 0.1) is 4.90 Å². The summed E-state index contributed by atoms with van der Waals surface area (Å²) < 4.78 is 53.4. The molecule has 156 valence electrons. The Morgan fingerprint density at radius 2 is 1.40 bits per heavy atom. The fourth-order valence-corrected chi connectivity index (χ4v) is 3.69. The maximum atomic E-state index is 13.3. The third-order valence-electron chi connectivity index (χ3n) is 4.16. The van der Waals surface area contributed by atoms with Gasteiger partial charge in [0, 0.05) is 24.5 Å². The molecule has 0 fully saturated rings. The van der Waals surface area contributed by atoms with Gasteiger partial charge in [0.1, 0.15) is 11.6 Å². The Hall–Kier alpha value is -3.30. The van der Waals surface area contributed by atoms with E-state index in [1.165, 1.54) is 29.2 Å². The standard InChI is InChI=1S/C21H19F2N3O3S/c22-16-6-10-19(11-7-16)26(21(27)25-18-4-2-1-3-5-18)15-14-24-30(28,29)20-12-8-17(23)9-13-20/h1-13,24H,14-15H2,(H,25,27). The van der Waals surface area contributed by atoms with Crippen LogP contribution in [0.15, 0.2) is 83.8 Å². The number of benzene rings is 3. The van der Waals surface area contributed by atoms with Crippen LogP contribution in [0.5, 0.6) is 0 Å². The fourth-order valence-electron chi connectivity index (χ4n) is 2.67. The summed E-state index contributed by atoms with van der Waals surface area (Å²) in [5, 5.41) is 2.72. The highest BCUT2D eigenvalue weighted by molar-refractivity contribution is 7.89. The van der Waals surface area contributed by atoms with E-state index in [4.69, 9.17) is 0 Å². The molecule has 30 heavy (non-hydrogen) atoms. The number of anilines is 2. The summed E-state index contributed by atoms with van der Waals surface area (Å²) in [7, 11) is -3.88. The maximum absolute atomic E-state index is 13.3. The van der Waals surface area contributed by atoms with Gasteiger partial charge in [-0.15, -0.1) is 0 Å². The molecule has 0 aliphatic rings. The number of urea groups is 1. The lowest BCUT2D eigenvalue weighted by molar-refractivity contribution is 0.257. The van der Waals surface area contributed by atoms with E-state index in [1.807, 2.05) is 0 Å². The van der Waals surface area contributed by atoms with Gasteiger partial charge in [-0.25, -0.2) is 26.7 Å².